The molecule has 10 heteroatoms. The summed E-state index contributed by atoms with van der Waals surface area (Å²) in [6.07, 6.45) is 1.76. The molecule has 0 saturated carbocycles. The van der Waals surface area contributed by atoms with Crippen LogP contribution in [0.25, 0.3) is 0 Å². The van der Waals surface area contributed by atoms with Crippen molar-refractivity contribution in [2.75, 3.05) is 30.8 Å². The first-order chi connectivity index (χ1) is 17.5. The van der Waals surface area contributed by atoms with Gasteiger partial charge < -0.3 is 15.0 Å². The zero-order chi connectivity index (χ0) is 27.6. The van der Waals surface area contributed by atoms with Gasteiger partial charge in [0.1, 0.15) is 17.6 Å². The molecule has 0 aliphatic rings. The summed E-state index contributed by atoms with van der Waals surface area (Å²) in [6.45, 7) is 6.62. The molecular weight excluding hydrogens is 497 g/mol. The van der Waals surface area contributed by atoms with Gasteiger partial charge in [-0.1, -0.05) is 32.9 Å². The lowest BCUT2D eigenvalue weighted by Gasteiger charge is -2.31. The lowest BCUT2D eigenvalue weighted by Crippen LogP contribution is -2.49. The summed E-state index contributed by atoms with van der Waals surface area (Å²) in [5, 5.41) is 2.92. The number of anilines is 1. The third-order valence-electron chi connectivity index (χ3n) is 5.85. The molecule has 0 aliphatic heterocycles. The maximum atomic E-state index is 13.4. The third-order valence-corrected chi connectivity index (χ3v) is 7.04. The van der Waals surface area contributed by atoms with Crippen LogP contribution in [0, 0.1) is 11.7 Å². The molecule has 1 N–H and O–H groups in total. The Morgan fingerprint density at radius 1 is 1.05 bits per heavy atom. The second kappa shape index (κ2) is 14.0. The minimum absolute atomic E-state index is 0.0390. The van der Waals surface area contributed by atoms with Crippen molar-refractivity contribution in [3.8, 4) is 5.75 Å². The first kappa shape index (κ1) is 30.1. The Morgan fingerprint density at radius 2 is 1.68 bits per heavy atom. The van der Waals surface area contributed by atoms with Gasteiger partial charge in [0.05, 0.1) is 19.1 Å². The first-order valence-corrected chi connectivity index (χ1v) is 14.2. The lowest BCUT2D eigenvalue weighted by atomic mass is 10.1. The topological polar surface area (TPSA) is 96.0 Å². The van der Waals surface area contributed by atoms with E-state index in [1.54, 1.807) is 24.1 Å². The van der Waals surface area contributed by atoms with E-state index in [-0.39, 0.29) is 43.7 Å². The van der Waals surface area contributed by atoms with E-state index in [9.17, 15) is 22.4 Å². The minimum Gasteiger partial charge on any atom is -0.497 e. The van der Waals surface area contributed by atoms with Crippen molar-refractivity contribution in [2.45, 2.75) is 52.6 Å². The SMILES string of the molecule is CC[C@@H](C(=O)NCC(C)C)N(Cc1ccc(OC)cc1)C(=O)CCCN(c1ccc(F)cc1)S(C)(=O)=O. The average molecular weight is 536 g/mol. The van der Waals surface area contributed by atoms with Crippen molar-refractivity contribution in [1.29, 1.82) is 0 Å². The fourth-order valence-corrected chi connectivity index (χ4v) is 4.85. The number of carbonyl (C=O) groups is 2. The predicted molar refractivity (Wildman–Crippen MR) is 143 cm³/mol. The zero-order valence-electron chi connectivity index (χ0n) is 22.2. The number of nitrogens with one attached hydrogen (secondary N) is 1. The number of hydrogen-bond acceptors (Lipinski definition) is 5. The van der Waals surface area contributed by atoms with Gasteiger partial charge in [0.25, 0.3) is 0 Å². The molecule has 0 unspecified atom stereocenters. The predicted octanol–water partition coefficient (Wildman–Crippen LogP) is 3.96. The number of benzene rings is 2. The molecular formula is C27H38FN3O5S. The zero-order valence-corrected chi connectivity index (χ0v) is 23.1. The number of nitrogens with zero attached hydrogens (tertiary/aromatic N) is 2. The highest BCUT2D eigenvalue weighted by atomic mass is 32.2. The van der Waals surface area contributed by atoms with E-state index < -0.39 is 21.9 Å². The molecule has 204 valence electrons. The van der Waals surface area contributed by atoms with Crippen LogP contribution in [0.2, 0.25) is 0 Å². The van der Waals surface area contributed by atoms with E-state index in [2.05, 4.69) is 5.32 Å². The van der Waals surface area contributed by atoms with Gasteiger partial charge in [-0.3, -0.25) is 13.9 Å². The van der Waals surface area contributed by atoms with Crippen LogP contribution in [0.4, 0.5) is 10.1 Å². The highest BCUT2D eigenvalue weighted by Gasteiger charge is 2.29. The van der Waals surface area contributed by atoms with Crippen molar-refractivity contribution in [1.82, 2.24) is 10.2 Å². The Morgan fingerprint density at radius 3 is 2.19 bits per heavy atom. The van der Waals surface area contributed by atoms with E-state index in [4.69, 9.17) is 4.74 Å². The maximum absolute atomic E-state index is 13.4. The molecule has 0 saturated heterocycles. The summed E-state index contributed by atoms with van der Waals surface area (Å²) in [7, 11) is -2.07. The molecule has 2 aromatic rings. The summed E-state index contributed by atoms with van der Waals surface area (Å²) in [4.78, 5) is 28.0. The molecule has 0 aliphatic carbocycles. The third kappa shape index (κ3) is 9.35. The number of hydrogen-bond donors (Lipinski definition) is 1. The van der Waals surface area contributed by atoms with Crippen molar-refractivity contribution >= 4 is 27.5 Å². The highest BCUT2D eigenvalue weighted by molar-refractivity contribution is 7.92. The van der Waals surface area contributed by atoms with Gasteiger partial charge in [0.2, 0.25) is 21.8 Å². The molecule has 0 aromatic heterocycles. The van der Waals surface area contributed by atoms with Gasteiger partial charge in [-0.05, 0) is 60.7 Å². The first-order valence-electron chi connectivity index (χ1n) is 12.4. The highest BCUT2D eigenvalue weighted by Crippen LogP contribution is 2.21. The fourth-order valence-electron chi connectivity index (χ4n) is 3.88. The number of ether oxygens (including phenoxy) is 1. The summed E-state index contributed by atoms with van der Waals surface area (Å²) < 4.78 is 44.4. The quantitative estimate of drug-likeness (QED) is 0.395. The number of halogens is 1. The summed E-state index contributed by atoms with van der Waals surface area (Å²) in [6, 6.07) is 11.8. The monoisotopic (exact) mass is 535 g/mol. The number of methoxy groups -OCH3 is 1. The summed E-state index contributed by atoms with van der Waals surface area (Å²) in [5.74, 6) is 0.00518. The van der Waals surface area contributed by atoms with Gasteiger partial charge in [-0.2, -0.15) is 0 Å². The molecule has 0 heterocycles. The molecule has 2 amide bonds. The summed E-state index contributed by atoms with van der Waals surface area (Å²) >= 11 is 0. The fraction of sp³-hybridized carbons (Fsp3) is 0.481. The largest absolute Gasteiger partial charge is 0.497 e. The van der Waals surface area contributed by atoms with Crippen molar-refractivity contribution in [2.24, 2.45) is 5.92 Å². The summed E-state index contributed by atoms with van der Waals surface area (Å²) in [5.41, 5.74) is 1.17. The number of rotatable bonds is 14. The Hall–Kier alpha value is -3.14. The van der Waals surface area contributed by atoms with Gasteiger partial charge in [-0.15, -0.1) is 0 Å². The van der Waals surface area contributed by atoms with Crippen molar-refractivity contribution < 1.29 is 27.1 Å². The molecule has 37 heavy (non-hydrogen) atoms. The van der Waals surface area contributed by atoms with Crippen LogP contribution >= 0.6 is 0 Å². The molecule has 0 spiro atoms. The van der Waals surface area contributed by atoms with Crippen molar-refractivity contribution in [3.05, 3.63) is 59.9 Å². The maximum Gasteiger partial charge on any atom is 0.242 e. The molecule has 8 nitrogen and oxygen atoms in total. The van der Waals surface area contributed by atoms with E-state index in [0.717, 1.165) is 16.1 Å². The molecule has 1 atom stereocenters. The van der Waals surface area contributed by atoms with Crippen LogP contribution in [0.1, 0.15) is 45.6 Å². The lowest BCUT2D eigenvalue weighted by molar-refractivity contribution is -0.141. The van der Waals surface area contributed by atoms with Crippen LogP contribution in [0.5, 0.6) is 5.75 Å². The van der Waals surface area contributed by atoms with Crippen LogP contribution in [0.15, 0.2) is 48.5 Å². The van der Waals surface area contributed by atoms with Crippen LogP contribution in [0.3, 0.4) is 0 Å². The van der Waals surface area contributed by atoms with Gasteiger partial charge in [0.15, 0.2) is 0 Å². The standard InChI is InChI=1S/C27H38FN3O5S/c1-6-25(27(33)29-18-20(2)3)30(19-21-9-15-24(36-4)16-10-21)26(32)8-7-17-31(37(5,34)35)23-13-11-22(28)12-14-23/h9-16,20,25H,6-8,17-19H2,1-5H3,(H,29,33)/t25-/m0/s1. The second-order valence-electron chi connectivity index (χ2n) is 9.35. The Balaban J connectivity index is 2.20. The second-order valence-corrected chi connectivity index (χ2v) is 11.3. The normalized spacial score (nSPS) is 12.2. The van der Waals surface area contributed by atoms with Crippen molar-refractivity contribution in [3.63, 3.8) is 0 Å². The minimum atomic E-state index is -3.64. The van der Waals surface area contributed by atoms with E-state index in [1.807, 2.05) is 32.9 Å². The number of sulfonamides is 1. The van der Waals surface area contributed by atoms with E-state index in [1.165, 1.54) is 24.3 Å². The van der Waals surface area contributed by atoms with Crippen LogP contribution < -0.4 is 14.4 Å². The Kier molecular flexibility index (Phi) is 11.4. The van der Waals surface area contributed by atoms with Gasteiger partial charge >= 0.3 is 0 Å². The number of carbonyl (C=O) groups excluding carboxylic acids is 2. The van der Waals surface area contributed by atoms with Crippen LogP contribution in [-0.2, 0) is 26.2 Å². The smallest absolute Gasteiger partial charge is 0.242 e. The van der Waals surface area contributed by atoms with Crippen LogP contribution in [-0.4, -0.2) is 57.6 Å². The Bertz CT molecular complexity index is 1120. The molecule has 0 bridgehead atoms. The molecule has 0 radical (unpaired) electrons. The van der Waals surface area contributed by atoms with E-state index in [0.29, 0.717) is 24.4 Å². The van der Waals surface area contributed by atoms with Gasteiger partial charge in [0, 0.05) is 26.1 Å². The average Bonchev–Trinajstić information content (AvgIpc) is 2.85. The molecule has 2 aromatic carbocycles. The van der Waals surface area contributed by atoms with E-state index >= 15 is 0 Å². The number of amides is 2. The Labute approximate surface area is 219 Å². The molecule has 0 fully saturated rings. The molecule has 2 rings (SSSR count). The van der Waals surface area contributed by atoms with Gasteiger partial charge in [-0.25, -0.2) is 12.8 Å².